The first-order chi connectivity index (χ1) is 14.1. The summed E-state index contributed by atoms with van der Waals surface area (Å²) in [6.07, 6.45) is 1.21. The van der Waals surface area contributed by atoms with E-state index in [0.717, 1.165) is 5.56 Å². The summed E-state index contributed by atoms with van der Waals surface area (Å²) in [6.45, 7) is 2.66. The molecule has 0 radical (unpaired) electrons. The Kier molecular flexibility index (Phi) is 6.71. The molecule has 1 N–H and O–H groups in total. The van der Waals surface area contributed by atoms with E-state index in [-0.39, 0.29) is 16.4 Å². The van der Waals surface area contributed by atoms with Gasteiger partial charge in [0, 0.05) is 50.4 Å². The van der Waals surface area contributed by atoms with Crippen LogP contribution in [0.15, 0.2) is 42.5 Å². The topological polar surface area (TPSA) is 113 Å². The Morgan fingerprint density at radius 1 is 1.17 bits per heavy atom. The maximum Gasteiger partial charge on any atom is 0.271 e. The zero-order valence-corrected chi connectivity index (χ0v) is 17.8. The van der Waals surface area contributed by atoms with Gasteiger partial charge in [-0.05, 0) is 23.8 Å². The van der Waals surface area contributed by atoms with Gasteiger partial charge in [0.2, 0.25) is 10.0 Å². The molecule has 1 aliphatic heterocycles. The van der Waals surface area contributed by atoms with Crippen molar-refractivity contribution in [2.75, 3.05) is 37.8 Å². The monoisotopic (exact) mass is 452 g/mol. The minimum Gasteiger partial charge on any atom is -0.320 e. The molecule has 0 atom stereocenters. The van der Waals surface area contributed by atoms with Crippen LogP contribution in [-0.2, 0) is 16.6 Å². The normalized spacial score (nSPS) is 15.7. The first-order valence-electron chi connectivity index (χ1n) is 9.15. The van der Waals surface area contributed by atoms with Crippen molar-refractivity contribution in [2.45, 2.75) is 6.54 Å². The summed E-state index contributed by atoms with van der Waals surface area (Å²) in [5.41, 5.74) is 1.29. The largest absolute Gasteiger partial charge is 0.320 e. The lowest BCUT2D eigenvalue weighted by Crippen LogP contribution is -2.47. The van der Waals surface area contributed by atoms with E-state index in [0.29, 0.717) is 38.3 Å². The van der Waals surface area contributed by atoms with Gasteiger partial charge in [-0.25, -0.2) is 8.42 Å². The van der Waals surface area contributed by atoms with Crippen molar-refractivity contribution in [3.05, 3.63) is 68.7 Å². The van der Waals surface area contributed by atoms with Crippen LogP contribution in [0.5, 0.6) is 0 Å². The van der Waals surface area contributed by atoms with Crippen molar-refractivity contribution in [3.63, 3.8) is 0 Å². The number of nitrogens with zero attached hydrogens (tertiary/aromatic N) is 3. The predicted octanol–water partition coefficient (Wildman–Crippen LogP) is 2.58. The van der Waals surface area contributed by atoms with Gasteiger partial charge in [-0.15, -0.1) is 0 Å². The van der Waals surface area contributed by atoms with Crippen molar-refractivity contribution < 1.29 is 18.1 Å². The average Bonchev–Trinajstić information content (AvgIpc) is 2.69. The van der Waals surface area contributed by atoms with E-state index >= 15 is 0 Å². The highest BCUT2D eigenvalue weighted by molar-refractivity contribution is 7.88. The van der Waals surface area contributed by atoms with Gasteiger partial charge < -0.3 is 5.32 Å². The molecule has 0 bridgehead atoms. The first kappa shape index (κ1) is 22.2. The summed E-state index contributed by atoms with van der Waals surface area (Å²) in [4.78, 5) is 25.1. The third-order valence-electron chi connectivity index (χ3n) is 4.80. The zero-order valence-electron chi connectivity index (χ0n) is 16.2. The number of nitrogens with one attached hydrogen (secondary N) is 1. The molecule has 11 heteroatoms. The van der Waals surface area contributed by atoms with Gasteiger partial charge in [-0.2, -0.15) is 4.31 Å². The third-order valence-corrected chi connectivity index (χ3v) is 6.44. The molecule has 160 valence electrons. The number of non-ortho nitro benzene ring substituents is 1. The number of amides is 1. The molecule has 0 unspecified atom stereocenters. The minimum atomic E-state index is -3.18. The van der Waals surface area contributed by atoms with E-state index in [1.807, 2.05) is 6.07 Å². The van der Waals surface area contributed by atoms with Gasteiger partial charge in [-0.1, -0.05) is 23.7 Å². The fourth-order valence-electron chi connectivity index (χ4n) is 3.21. The molecule has 3 rings (SSSR count). The van der Waals surface area contributed by atoms with Crippen molar-refractivity contribution in [1.82, 2.24) is 9.21 Å². The molecule has 1 saturated heterocycles. The summed E-state index contributed by atoms with van der Waals surface area (Å²) >= 11 is 6.05. The second-order valence-corrected chi connectivity index (χ2v) is 9.40. The second kappa shape index (κ2) is 9.09. The predicted molar refractivity (Wildman–Crippen MR) is 114 cm³/mol. The fourth-order valence-corrected chi connectivity index (χ4v) is 4.20. The average molecular weight is 453 g/mol. The molecule has 1 aliphatic rings. The smallest absolute Gasteiger partial charge is 0.271 e. The minimum absolute atomic E-state index is 0.165. The summed E-state index contributed by atoms with van der Waals surface area (Å²) in [6, 6.07) is 10.9. The van der Waals surface area contributed by atoms with Gasteiger partial charge >= 0.3 is 0 Å². The molecule has 2 aromatic carbocycles. The molecule has 1 amide bonds. The SMILES string of the molecule is CS(=O)(=O)N1CCN(Cc2cccc(C(=O)Nc3cc([N+](=O)[O-])ccc3Cl)c2)CC1. The highest BCUT2D eigenvalue weighted by atomic mass is 35.5. The molecule has 1 fully saturated rings. The van der Waals surface area contributed by atoms with Gasteiger partial charge in [0.05, 0.1) is 21.9 Å². The quantitative estimate of drug-likeness (QED) is 0.532. The Morgan fingerprint density at radius 3 is 2.50 bits per heavy atom. The molecule has 0 spiro atoms. The Morgan fingerprint density at radius 2 is 1.87 bits per heavy atom. The molecular formula is C19H21ClN4O5S. The van der Waals surface area contributed by atoms with Crippen molar-refractivity contribution >= 4 is 38.9 Å². The van der Waals surface area contributed by atoms with Crippen LogP contribution in [0.4, 0.5) is 11.4 Å². The van der Waals surface area contributed by atoms with Gasteiger partial charge in [0.15, 0.2) is 0 Å². The molecular weight excluding hydrogens is 432 g/mol. The highest BCUT2D eigenvalue weighted by Gasteiger charge is 2.23. The number of rotatable bonds is 6. The Bertz CT molecular complexity index is 1070. The van der Waals surface area contributed by atoms with Crippen LogP contribution in [0, 0.1) is 10.1 Å². The lowest BCUT2D eigenvalue weighted by atomic mass is 10.1. The van der Waals surface area contributed by atoms with Crippen LogP contribution in [0.3, 0.4) is 0 Å². The van der Waals surface area contributed by atoms with Crippen LogP contribution in [0.2, 0.25) is 5.02 Å². The van der Waals surface area contributed by atoms with E-state index < -0.39 is 20.9 Å². The van der Waals surface area contributed by atoms with Crippen LogP contribution in [-0.4, -0.2) is 60.9 Å². The number of halogens is 1. The number of benzene rings is 2. The maximum absolute atomic E-state index is 12.6. The number of nitro groups is 1. The zero-order chi connectivity index (χ0) is 21.9. The van der Waals surface area contributed by atoms with E-state index in [9.17, 15) is 23.3 Å². The Balaban J connectivity index is 1.66. The summed E-state index contributed by atoms with van der Waals surface area (Å²) < 4.78 is 24.7. The van der Waals surface area contributed by atoms with E-state index in [2.05, 4.69) is 10.2 Å². The number of sulfonamides is 1. The summed E-state index contributed by atoms with van der Waals surface area (Å²) in [7, 11) is -3.18. The van der Waals surface area contributed by atoms with E-state index in [1.54, 1.807) is 18.2 Å². The fraction of sp³-hybridized carbons (Fsp3) is 0.316. The van der Waals surface area contributed by atoms with Crippen LogP contribution in [0.1, 0.15) is 15.9 Å². The number of carbonyl (C=O) groups excluding carboxylic acids is 1. The van der Waals surface area contributed by atoms with Gasteiger partial charge in [0.25, 0.3) is 11.6 Å². The molecule has 0 aromatic heterocycles. The van der Waals surface area contributed by atoms with Gasteiger partial charge in [0.1, 0.15) is 0 Å². The molecule has 0 aliphatic carbocycles. The lowest BCUT2D eigenvalue weighted by Gasteiger charge is -2.33. The second-order valence-electron chi connectivity index (χ2n) is 7.01. The molecule has 2 aromatic rings. The van der Waals surface area contributed by atoms with Crippen LogP contribution < -0.4 is 5.32 Å². The number of anilines is 1. The number of hydrogen-bond acceptors (Lipinski definition) is 6. The number of hydrogen-bond donors (Lipinski definition) is 1. The molecule has 30 heavy (non-hydrogen) atoms. The third kappa shape index (κ3) is 5.54. The van der Waals surface area contributed by atoms with Crippen LogP contribution in [0.25, 0.3) is 0 Å². The van der Waals surface area contributed by atoms with Crippen LogP contribution >= 0.6 is 11.6 Å². The number of piperazine rings is 1. The Hall–Kier alpha value is -2.53. The summed E-state index contributed by atoms with van der Waals surface area (Å²) in [5, 5.41) is 13.8. The standard InChI is InChI=1S/C19H21ClN4O5S/c1-30(28,29)23-9-7-22(8-10-23)13-14-3-2-4-15(11-14)19(25)21-18-12-16(24(26)27)5-6-17(18)20/h2-6,11-12H,7-10,13H2,1H3,(H,21,25). The lowest BCUT2D eigenvalue weighted by molar-refractivity contribution is -0.384. The van der Waals surface area contributed by atoms with Gasteiger partial charge in [-0.3, -0.25) is 19.8 Å². The van der Waals surface area contributed by atoms with Crippen molar-refractivity contribution in [1.29, 1.82) is 0 Å². The van der Waals surface area contributed by atoms with E-state index in [4.69, 9.17) is 11.6 Å². The summed E-state index contributed by atoms with van der Waals surface area (Å²) in [5.74, 6) is -0.429. The number of carbonyl (C=O) groups is 1. The molecule has 0 saturated carbocycles. The highest BCUT2D eigenvalue weighted by Crippen LogP contribution is 2.27. The maximum atomic E-state index is 12.6. The molecule has 9 nitrogen and oxygen atoms in total. The first-order valence-corrected chi connectivity index (χ1v) is 11.4. The van der Waals surface area contributed by atoms with Crippen molar-refractivity contribution in [3.8, 4) is 0 Å². The van der Waals surface area contributed by atoms with E-state index in [1.165, 1.54) is 28.8 Å². The van der Waals surface area contributed by atoms with Crippen molar-refractivity contribution in [2.24, 2.45) is 0 Å². The Labute approximate surface area is 179 Å². The number of nitro benzene ring substituents is 1. The molecule has 1 heterocycles.